The van der Waals surface area contributed by atoms with Gasteiger partial charge < -0.3 is 19.7 Å². The Morgan fingerprint density at radius 3 is 2.47 bits per heavy atom. The fourth-order valence-electron chi connectivity index (χ4n) is 3.87. The van der Waals surface area contributed by atoms with Gasteiger partial charge in [-0.15, -0.1) is 0 Å². The number of amides is 2. The molecule has 2 aromatic carbocycles. The summed E-state index contributed by atoms with van der Waals surface area (Å²) in [4.78, 5) is 38.3. The molecule has 3 N–H and O–H groups in total. The summed E-state index contributed by atoms with van der Waals surface area (Å²) in [5.41, 5.74) is 2.96. The molecular weight excluding hydrogens is 460 g/mol. The van der Waals surface area contributed by atoms with Crippen LogP contribution in [-0.2, 0) is 21.0 Å². The lowest BCUT2D eigenvalue weighted by Crippen LogP contribution is -2.76. The minimum absolute atomic E-state index is 0.0368. The zero-order chi connectivity index (χ0) is 26.5. The maximum atomic E-state index is 13.9. The van der Waals surface area contributed by atoms with Crippen LogP contribution in [0.15, 0.2) is 71.6 Å². The monoisotopic (exact) mass is 493 g/mol. The number of rotatable bonds is 8. The highest BCUT2D eigenvalue weighted by Crippen LogP contribution is 2.37. The van der Waals surface area contributed by atoms with Crippen LogP contribution in [0.1, 0.15) is 37.9 Å². The van der Waals surface area contributed by atoms with Gasteiger partial charge in [0.25, 0.3) is 5.91 Å². The van der Waals surface area contributed by atoms with Crippen LogP contribution in [-0.4, -0.2) is 43.2 Å². The third-order valence-corrected chi connectivity index (χ3v) is 5.41. The van der Waals surface area contributed by atoms with Gasteiger partial charge in [-0.3, -0.25) is 14.6 Å². The van der Waals surface area contributed by atoms with Gasteiger partial charge in [-0.1, -0.05) is 18.7 Å². The molecule has 0 aliphatic carbocycles. The van der Waals surface area contributed by atoms with Crippen LogP contribution >= 0.6 is 0 Å². The van der Waals surface area contributed by atoms with Crippen molar-refractivity contribution in [3.05, 3.63) is 77.7 Å². The molecule has 1 atom stereocenters. The first-order valence-electron chi connectivity index (χ1n) is 11.4. The topological polar surface area (TPSA) is 106 Å². The molecule has 9 nitrogen and oxygen atoms in total. The van der Waals surface area contributed by atoms with Crippen LogP contribution in [0.25, 0.3) is 0 Å². The molecule has 0 saturated carbocycles. The molecule has 2 aromatic rings. The number of carbonyl (C=O) groups excluding carboxylic acids is 2. The van der Waals surface area contributed by atoms with Gasteiger partial charge >= 0.3 is 0 Å². The molecule has 0 aromatic heterocycles. The second kappa shape index (κ2) is 11.2. The van der Waals surface area contributed by atoms with Crippen molar-refractivity contribution in [3.63, 3.8) is 0 Å². The van der Waals surface area contributed by atoms with E-state index in [2.05, 4.69) is 23.6 Å². The van der Waals surface area contributed by atoms with Crippen molar-refractivity contribution in [2.75, 3.05) is 14.2 Å². The van der Waals surface area contributed by atoms with E-state index in [0.29, 0.717) is 22.7 Å². The number of methoxy groups -OCH3 is 1. The van der Waals surface area contributed by atoms with Crippen LogP contribution in [0, 0.1) is 0 Å². The van der Waals surface area contributed by atoms with Crippen molar-refractivity contribution in [1.82, 2.24) is 10.2 Å². The molecule has 2 amide bonds. The number of benzene rings is 2. The van der Waals surface area contributed by atoms with Crippen LogP contribution in [0.3, 0.4) is 0 Å². The summed E-state index contributed by atoms with van der Waals surface area (Å²) in [6, 6.07) is 11.5. The summed E-state index contributed by atoms with van der Waals surface area (Å²) < 4.78 is 11.3. The summed E-state index contributed by atoms with van der Waals surface area (Å²) in [5, 5.41) is 3.01. The Morgan fingerprint density at radius 2 is 1.92 bits per heavy atom. The van der Waals surface area contributed by atoms with Crippen molar-refractivity contribution in [2.45, 2.75) is 38.9 Å². The molecule has 1 heterocycles. The number of nitrogens with one attached hydrogen (secondary N) is 1. The molecule has 0 saturated heterocycles. The summed E-state index contributed by atoms with van der Waals surface area (Å²) in [5.74, 6) is 0.334. The standard InChI is InChI=1S/C27H32N4O5/c1-8-21-23(28-5)26(33)31(16-17-9-12-19(34-6)13-10-17)24(25(32)29-27(2,3)4)20-15-18(30-35-7)11-14-22(20)36-21/h8-15,24,30H,1,5,16H2,2-4,6-7H3,(H,29,32)/p+1/b23-21+. The molecule has 36 heavy (non-hydrogen) atoms. The van der Waals surface area contributed by atoms with Crippen LogP contribution in [0.5, 0.6) is 11.5 Å². The Hall–Kier alpha value is -3.95. The normalized spacial score (nSPS) is 17.9. The zero-order valence-corrected chi connectivity index (χ0v) is 21.3. The van der Waals surface area contributed by atoms with E-state index < -0.39 is 17.5 Å². The number of fused-ring (bicyclic) bond motifs is 1. The molecule has 0 radical (unpaired) electrons. The van der Waals surface area contributed by atoms with Crippen LogP contribution in [0.4, 0.5) is 5.69 Å². The first kappa shape index (κ1) is 26.7. The van der Waals surface area contributed by atoms with Gasteiger partial charge in [-0.2, -0.15) is 5.48 Å². The molecule has 3 rings (SSSR count). The van der Waals surface area contributed by atoms with Gasteiger partial charge in [0, 0.05) is 29.8 Å². The minimum atomic E-state index is -1.04. The predicted molar refractivity (Wildman–Crippen MR) is 137 cm³/mol. The van der Waals surface area contributed by atoms with Gasteiger partial charge in [0.2, 0.25) is 5.91 Å². The quantitative estimate of drug-likeness (QED) is 0.334. The molecule has 9 heteroatoms. The Kier molecular flexibility index (Phi) is 8.29. The molecule has 1 aliphatic rings. The number of hydrogen-bond acceptors (Lipinski definition) is 6. The maximum absolute atomic E-state index is 13.9. The summed E-state index contributed by atoms with van der Waals surface area (Å²) in [7, 11) is 3.12. The Morgan fingerprint density at radius 1 is 1.22 bits per heavy atom. The van der Waals surface area contributed by atoms with Crippen LogP contribution < -0.4 is 20.3 Å². The largest absolute Gasteiger partial charge is 0.497 e. The van der Waals surface area contributed by atoms with Gasteiger partial charge in [0.15, 0.2) is 17.1 Å². The molecule has 0 fully saturated rings. The smallest absolute Gasteiger partial charge is 0.277 e. The maximum Gasteiger partial charge on any atom is 0.277 e. The van der Waals surface area contributed by atoms with Crippen molar-refractivity contribution in [2.24, 2.45) is 4.99 Å². The Labute approximate surface area is 211 Å². The fraction of sp³-hybridized carbons (Fsp3) is 0.296. The highest BCUT2D eigenvalue weighted by molar-refractivity contribution is 5.99. The lowest BCUT2D eigenvalue weighted by atomic mass is 9.98. The second-order valence-electron chi connectivity index (χ2n) is 9.25. The molecule has 0 bridgehead atoms. The second-order valence-corrected chi connectivity index (χ2v) is 9.25. The highest BCUT2D eigenvalue weighted by Gasteiger charge is 2.39. The van der Waals surface area contributed by atoms with E-state index in [9.17, 15) is 9.59 Å². The lowest BCUT2D eigenvalue weighted by Gasteiger charge is -2.36. The average Bonchev–Trinajstić information content (AvgIpc) is 2.83. The van der Waals surface area contributed by atoms with Gasteiger partial charge in [-0.25, -0.2) is 4.84 Å². The highest BCUT2D eigenvalue weighted by atomic mass is 16.6. The number of quaternary nitrogens is 1. The van der Waals surface area contributed by atoms with Crippen molar-refractivity contribution < 1.29 is 29.4 Å². The summed E-state index contributed by atoms with van der Waals surface area (Å²) >= 11 is 0. The van der Waals surface area contributed by atoms with Gasteiger partial charge in [0.05, 0.1) is 14.2 Å². The third kappa shape index (κ3) is 5.99. The molecule has 1 aliphatic heterocycles. The molecular formula is C27H33N4O5+. The van der Waals surface area contributed by atoms with Crippen molar-refractivity contribution in [3.8, 4) is 11.5 Å². The zero-order valence-electron chi connectivity index (χ0n) is 21.3. The summed E-state index contributed by atoms with van der Waals surface area (Å²) in [6.45, 7) is 13.1. The van der Waals surface area contributed by atoms with Crippen LogP contribution in [0.2, 0.25) is 0 Å². The van der Waals surface area contributed by atoms with E-state index in [0.717, 1.165) is 5.56 Å². The lowest BCUT2D eigenvalue weighted by molar-refractivity contribution is -0.830. The van der Waals surface area contributed by atoms with E-state index in [1.165, 1.54) is 18.1 Å². The fourth-order valence-corrected chi connectivity index (χ4v) is 3.87. The van der Waals surface area contributed by atoms with Crippen molar-refractivity contribution in [1.29, 1.82) is 0 Å². The predicted octanol–water partition coefficient (Wildman–Crippen LogP) is 2.93. The number of carbonyl (C=O) groups is 2. The van der Waals surface area contributed by atoms with Gasteiger partial charge in [-0.05, 0) is 57.3 Å². The molecule has 190 valence electrons. The minimum Gasteiger partial charge on any atom is -0.497 e. The number of aliphatic imine (C=N–C) groups is 1. The Balaban J connectivity index is 2.26. The number of hydrogen-bond donors (Lipinski definition) is 2. The first-order valence-corrected chi connectivity index (χ1v) is 11.4. The van der Waals surface area contributed by atoms with E-state index in [-0.39, 0.29) is 23.9 Å². The van der Waals surface area contributed by atoms with Gasteiger partial charge in [0.1, 0.15) is 17.5 Å². The average molecular weight is 494 g/mol. The van der Waals surface area contributed by atoms with E-state index >= 15 is 0 Å². The van der Waals surface area contributed by atoms with E-state index in [1.54, 1.807) is 42.9 Å². The number of ether oxygens (including phenoxy) is 2. The first-order chi connectivity index (χ1) is 17.1. The molecule has 0 spiro atoms. The molecule has 1 unspecified atom stereocenters. The van der Waals surface area contributed by atoms with Crippen molar-refractivity contribution >= 4 is 24.2 Å². The number of allylic oxidation sites excluding steroid dienone is 1. The summed E-state index contributed by atoms with van der Waals surface area (Å²) in [6.07, 6.45) is 1.40. The number of nitrogens with two attached hydrogens (primary N) is 1. The van der Waals surface area contributed by atoms with E-state index in [1.807, 2.05) is 32.9 Å². The number of nitrogens with zero attached hydrogens (tertiary/aromatic N) is 2. The Bertz CT molecular complexity index is 1180. The third-order valence-electron chi connectivity index (χ3n) is 5.41. The SMILES string of the molecule is C=C/C1=C(\N=C)C(=O)N(Cc2ccc(OC)cc2)C(C(=O)NC(C)(C)C)c2cc([NH2+]OC)ccc2O1. The van der Waals surface area contributed by atoms with E-state index in [4.69, 9.17) is 14.3 Å².